The molecule has 0 heterocycles. The molecule has 0 unspecified atom stereocenters. The molecule has 3 rings (SSSR count). The number of nitrogens with one attached hydrogen (secondary N) is 1. The zero-order valence-electron chi connectivity index (χ0n) is 19.5. The molecule has 0 aliphatic heterocycles. The largest absolute Gasteiger partial charge is 0.496 e. The molecule has 7 nitrogen and oxygen atoms in total. The lowest BCUT2D eigenvalue weighted by molar-refractivity contribution is 0.0926. The van der Waals surface area contributed by atoms with Crippen LogP contribution < -0.4 is 15.8 Å². The Bertz CT molecular complexity index is 991. The fraction of sp³-hybridized carbons (Fsp3) is 0.423. The third-order valence-electron chi connectivity index (χ3n) is 6.60. The van der Waals surface area contributed by atoms with Crippen molar-refractivity contribution < 1.29 is 9.53 Å². The molecule has 7 heteroatoms. The molecule has 1 aliphatic carbocycles. The van der Waals surface area contributed by atoms with E-state index in [0.717, 1.165) is 38.6 Å². The second-order valence-electron chi connectivity index (χ2n) is 8.52. The maximum absolute atomic E-state index is 13.0. The van der Waals surface area contributed by atoms with Crippen LogP contribution in [0.5, 0.6) is 5.75 Å². The van der Waals surface area contributed by atoms with Crippen LogP contribution in [0.25, 0.3) is 0 Å². The highest BCUT2D eigenvalue weighted by Crippen LogP contribution is 2.40. The van der Waals surface area contributed by atoms with Crippen LogP contribution in [0.2, 0.25) is 0 Å². The number of carbonyl (C=O) groups is 1. The zero-order chi connectivity index (χ0) is 23.7. The van der Waals surface area contributed by atoms with Crippen molar-refractivity contribution in [2.45, 2.75) is 50.5 Å². The van der Waals surface area contributed by atoms with Crippen molar-refractivity contribution in [2.24, 2.45) is 10.7 Å². The van der Waals surface area contributed by atoms with Gasteiger partial charge in [-0.05, 0) is 49.8 Å². The summed E-state index contributed by atoms with van der Waals surface area (Å²) in [6, 6.07) is 17.9. The molecule has 174 valence electrons. The SMILES string of the molecule is CCCN(C(N)=NC#N)[C@H]1CC[C@@](CNC(=O)c2ccccc2OC)(c2ccccc2)CC1. The van der Waals surface area contributed by atoms with Crippen molar-refractivity contribution >= 4 is 11.9 Å². The van der Waals surface area contributed by atoms with E-state index in [1.165, 1.54) is 5.56 Å². The van der Waals surface area contributed by atoms with Gasteiger partial charge in [0.2, 0.25) is 12.2 Å². The van der Waals surface area contributed by atoms with E-state index in [-0.39, 0.29) is 17.4 Å². The first-order valence-electron chi connectivity index (χ1n) is 11.5. The molecule has 0 saturated heterocycles. The molecule has 1 amide bonds. The number of amides is 1. The monoisotopic (exact) mass is 447 g/mol. The van der Waals surface area contributed by atoms with Crippen LogP contribution in [-0.2, 0) is 5.41 Å². The number of nitriles is 1. The van der Waals surface area contributed by atoms with Crippen molar-refractivity contribution in [3.05, 3.63) is 65.7 Å². The molecule has 1 aliphatic rings. The molecule has 3 N–H and O–H groups in total. The van der Waals surface area contributed by atoms with Crippen LogP contribution in [0.3, 0.4) is 0 Å². The van der Waals surface area contributed by atoms with Gasteiger partial charge < -0.3 is 20.7 Å². The molecular weight excluding hydrogens is 414 g/mol. The molecular formula is C26H33N5O2. The maximum atomic E-state index is 13.0. The molecule has 0 radical (unpaired) electrons. The molecule has 0 bridgehead atoms. The number of methoxy groups -OCH3 is 1. The zero-order valence-corrected chi connectivity index (χ0v) is 19.5. The molecule has 2 aromatic carbocycles. The van der Waals surface area contributed by atoms with Gasteiger partial charge in [0.05, 0.1) is 12.7 Å². The molecule has 1 saturated carbocycles. The van der Waals surface area contributed by atoms with E-state index >= 15 is 0 Å². The highest BCUT2D eigenvalue weighted by atomic mass is 16.5. The fourth-order valence-corrected chi connectivity index (χ4v) is 4.84. The number of nitrogens with zero attached hydrogens (tertiary/aromatic N) is 3. The van der Waals surface area contributed by atoms with E-state index in [1.807, 2.05) is 36.5 Å². The van der Waals surface area contributed by atoms with Gasteiger partial charge >= 0.3 is 0 Å². The lowest BCUT2D eigenvalue weighted by Gasteiger charge is -2.44. The fourth-order valence-electron chi connectivity index (χ4n) is 4.84. The minimum absolute atomic E-state index is 0.136. The van der Waals surface area contributed by atoms with Gasteiger partial charge in [-0.3, -0.25) is 4.79 Å². The Balaban J connectivity index is 1.79. The van der Waals surface area contributed by atoms with Gasteiger partial charge in [-0.15, -0.1) is 4.99 Å². The Hall–Kier alpha value is -3.53. The second kappa shape index (κ2) is 11.4. The highest BCUT2D eigenvalue weighted by Gasteiger charge is 2.39. The van der Waals surface area contributed by atoms with E-state index in [4.69, 9.17) is 15.7 Å². The average Bonchev–Trinajstić information content (AvgIpc) is 2.87. The Morgan fingerprint density at radius 1 is 1.21 bits per heavy atom. The van der Waals surface area contributed by atoms with E-state index < -0.39 is 0 Å². The standard InChI is InChI=1S/C26H33N5O2/c1-3-17-31(25(28)30-19-27)21-13-15-26(16-14-21,20-9-5-4-6-10-20)18-29-24(32)22-11-7-8-12-23(22)33-2/h4-12,21H,3,13-18H2,1-2H3,(H2,28,30)(H,29,32)/t21-,26+. The van der Waals surface area contributed by atoms with Crippen LogP contribution in [0.4, 0.5) is 0 Å². The summed E-state index contributed by atoms with van der Waals surface area (Å²) >= 11 is 0. The van der Waals surface area contributed by atoms with Crippen LogP contribution in [0, 0.1) is 11.5 Å². The average molecular weight is 448 g/mol. The van der Waals surface area contributed by atoms with Gasteiger partial charge in [-0.25, -0.2) is 0 Å². The summed E-state index contributed by atoms with van der Waals surface area (Å²) in [6.07, 6.45) is 6.34. The Kier molecular flexibility index (Phi) is 8.31. The van der Waals surface area contributed by atoms with E-state index in [0.29, 0.717) is 23.8 Å². The van der Waals surface area contributed by atoms with Gasteiger partial charge in [0.25, 0.3) is 5.91 Å². The number of hydrogen-bond donors (Lipinski definition) is 2. The summed E-state index contributed by atoms with van der Waals surface area (Å²) in [5, 5.41) is 12.1. The number of aliphatic imine (C=N–C) groups is 1. The molecule has 0 atom stereocenters. The maximum Gasteiger partial charge on any atom is 0.255 e. The van der Waals surface area contributed by atoms with Crippen LogP contribution in [-0.4, -0.2) is 43.0 Å². The van der Waals surface area contributed by atoms with Crippen molar-refractivity contribution in [1.82, 2.24) is 10.2 Å². The molecule has 0 aromatic heterocycles. The molecule has 33 heavy (non-hydrogen) atoms. The third kappa shape index (κ3) is 5.64. The van der Waals surface area contributed by atoms with Crippen LogP contribution >= 0.6 is 0 Å². The van der Waals surface area contributed by atoms with Crippen LogP contribution in [0.15, 0.2) is 59.6 Å². The summed E-state index contributed by atoms with van der Waals surface area (Å²) in [6.45, 7) is 3.40. The Morgan fingerprint density at radius 2 is 1.88 bits per heavy atom. The topological polar surface area (TPSA) is 104 Å². The predicted molar refractivity (Wildman–Crippen MR) is 130 cm³/mol. The Labute approximate surface area is 196 Å². The van der Waals surface area contributed by atoms with Gasteiger partial charge in [-0.2, -0.15) is 5.26 Å². The smallest absolute Gasteiger partial charge is 0.255 e. The van der Waals surface area contributed by atoms with Gasteiger partial charge in [0, 0.05) is 24.5 Å². The first-order chi connectivity index (χ1) is 16.0. The highest BCUT2D eigenvalue weighted by molar-refractivity contribution is 5.97. The van der Waals surface area contributed by atoms with E-state index in [2.05, 4.69) is 34.3 Å². The van der Waals surface area contributed by atoms with Crippen molar-refractivity contribution in [3.8, 4) is 11.9 Å². The number of guanidine groups is 1. The number of benzene rings is 2. The first-order valence-corrected chi connectivity index (χ1v) is 11.5. The minimum Gasteiger partial charge on any atom is -0.496 e. The van der Waals surface area contributed by atoms with Gasteiger partial charge in [0.15, 0.2) is 0 Å². The number of para-hydroxylation sites is 1. The number of ether oxygens (including phenoxy) is 1. The number of hydrogen-bond acceptors (Lipinski definition) is 4. The van der Waals surface area contributed by atoms with Gasteiger partial charge in [-0.1, -0.05) is 49.4 Å². The van der Waals surface area contributed by atoms with Crippen LogP contribution in [0.1, 0.15) is 54.9 Å². The lowest BCUT2D eigenvalue weighted by atomic mass is 9.67. The predicted octanol–water partition coefficient (Wildman–Crippen LogP) is 3.81. The normalized spacial score (nSPS) is 20.5. The quantitative estimate of drug-likeness (QED) is 0.364. The summed E-state index contributed by atoms with van der Waals surface area (Å²) in [7, 11) is 1.57. The molecule has 0 spiro atoms. The second-order valence-corrected chi connectivity index (χ2v) is 8.52. The number of carbonyl (C=O) groups excluding carboxylic acids is 1. The van der Waals surface area contributed by atoms with E-state index in [9.17, 15) is 4.79 Å². The van der Waals surface area contributed by atoms with Gasteiger partial charge in [0.1, 0.15) is 5.75 Å². The number of nitrogens with two attached hydrogens (primary N) is 1. The van der Waals surface area contributed by atoms with Crippen molar-refractivity contribution in [1.29, 1.82) is 5.26 Å². The molecule has 1 fully saturated rings. The summed E-state index contributed by atoms with van der Waals surface area (Å²) < 4.78 is 5.36. The molecule has 2 aromatic rings. The summed E-state index contributed by atoms with van der Waals surface area (Å²) in [4.78, 5) is 18.8. The van der Waals surface area contributed by atoms with Crippen molar-refractivity contribution in [3.63, 3.8) is 0 Å². The lowest BCUT2D eigenvalue weighted by Crippen LogP contribution is -2.51. The summed E-state index contributed by atoms with van der Waals surface area (Å²) in [5.41, 5.74) is 7.69. The minimum atomic E-state index is -0.172. The third-order valence-corrected chi connectivity index (χ3v) is 6.60. The Morgan fingerprint density at radius 3 is 2.52 bits per heavy atom. The first kappa shape index (κ1) is 24.1. The van der Waals surface area contributed by atoms with E-state index in [1.54, 1.807) is 19.2 Å². The summed E-state index contributed by atoms with van der Waals surface area (Å²) in [5.74, 6) is 0.721. The number of rotatable bonds is 8. The van der Waals surface area contributed by atoms with Crippen molar-refractivity contribution in [2.75, 3.05) is 20.2 Å².